The number of hydrogen-bond donors (Lipinski definition) is 2. The van der Waals surface area contributed by atoms with E-state index in [4.69, 9.17) is 5.73 Å². The van der Waals surface area contributed by atoms with Crippen LogP contribution in [-0.4, -0.2) is 20.6 Å². The molecule has 1 aromatic carbocycles. The molecule has 0 aliphatic carbocycles. The first-order valence-electron chi connectivity index (χ1n) is 5.33. The van der Waals surface area contributed by atoms with Gasteiger partial charge in [0.05, 0.1) is 11.1 Å². The van der Waals surface area contributed by atoms with Crippen LogP contribution in [0, 0.1) is 10.1 Å². The Morgan fingerprint density at radius 2 is 2.21 bits per heavy atom. The Hall–Kier alpha value is -2.90. The lowest BCUT2D eigenvalue weighted by Crippen LogP contribution is -2.16. The molecule has 0 saturated carbocycles. The van der Waals surface area contributed by atoms with Crippen molar-refractivity contribution in [1.82, 2.24) is 9.78 Å². The number of nitrogen functional groups attached to an aromatic ring is 1. The molecule has 3 N–H and O–H groups in total. The van der Waals surface area contributed by atoms with E-state index in [1.165, 1.54) is 29.1 Å². The summed E-state index contributed by atoms with van der Waals surface area (Å²) in [5.41, 5.74) is 4.98. The number of nitrogens with one attached hydrogen (secondary N) is 1. The average Bonchev–Trinajstić information content (AvgIpc) is 2.74. The number of carbonyl (C=O) groups is 1. The number of hydrogen-bond acceptors (Lipinski definition) is 5. The largest absolute Gasteiger partial charge is 0.393 e. The van der Waals surface area contributed by atoms with Gasteiger partial charge in [-0.05, 0) is 12.1 Å². The molecule has 2 rings (SSSR count). The number of nitrogens with zero attached hydrogens (tertiary/aromatic N) is 3. The SMILES string of the molecule is Cn1nccc1NC(=O)c1cccc(N)c1[N+](=O)[O-]. The Bertz CT molecular complexity index is 650. The third-order valence-electron chi connectivity index (χ3n) is 2.56. The lowest BCUT2D eigenvalue weighted by molar-refractivity contribution is -0.384. The first-order chi connectivity index (χ1) is 9.00. The number of nitro groups is 1. The van der Waals surface area contributed by atoms with Crippen molar-refractivity contribution in [2.45, 2.75) is 0 Å². The summed E-state index contributed by atoms with van der Waals surface area (Å²) in [6.45, 7) is 0. The van der Waals surface area contributed by atoms with Gasteiger partial charge in [-0.15, -0.1) is 0 Å². The summed E-state index contributed by atoms with van der Waals surface area (Å²) >= 11 is 0. The van der Waals surface area contributed by atoms with Gasteiger partial charge in [-0.3, -0.25) is 19.6 Å². The van der Waals surface area contributed by atoms with E-state index in [-0.39, 0.29) is 11.3 Å². The first kappa shape index (κ1) is 12.6. The smallest absolute Gasteiger partial charge is 0.304 e. The molecule has 19 heavy (non-hydrogen) atoms. The fraction of sp³-hybridized carbons (Fsp3) is 0.0909. The van der Waals surface area contributed by atoms with Crippen molar-refractivity contribution in [2.24, 2.45) is 7.05 Å². The number of para-hydroxylation sites is 1. The van der Waals surface area contributed by atoms with Crippen LogP contribution in [0.4, 0.5) is 17.2 Å². The number of nitrogens with two attached hydrogens (primary N) is 1. The van der Waals surface area contributed by atoms with Gasteiger partial charge in [0, 0.05) is 13.1 Å². The van der Waals surface area contributed by atoms with Crippen LogP contribution in [0.2, 0.25) is 0 Å². The zero-order chi connectivity index (χ0) is 14.0. The molecule has 98 valence electrons. The molecule has 1 aromatic heterocycles. The minimum atomic E-state index is -0.673. The number of benzene rings is 1. The van der Waals surface area contributed by atoms with E-state index in [0.29, 0.717) is 5.82 Å². The standard InChI is InChI=1S/C11H11N5O3/c1-15-9(5-6-13-15)14-11(17)7-3-2-4-8(12)10(7)16(18)19/h2-6H,12H2,1H3,(H,14,17). The van der Waals surface area contributed by atoms with Gasteiger partial charge < -0.3 is 11.1 Å². The highest BCUT2D eigenvalue weighted by atomic mass is 16.6. The molecular formula is C11H11N5O3. The molecule has 8 nitrogen and oxygen atoms in total. The monoisotopic (exact) mass is 261 g/mol. The van der Waals surface area contributed by atoms with Crippen LogP contribution < -0.4 is 11.1 Å². The third kappa shape index (κ3) is 2.37. The molecule has 1 heterocycles. The molecule has 2 aromatic rings. The molecule has 0 unspecified atom stereocenters. The minimum absolute atomic E-state index is 0.0531. The molecule has 1 amide bonds. The summed E-state index contributed by atoms with van der Waals surface area (Å²) in [4.78, 5) is 22.3. The van der Waals surface area contributed by atoms with Crippen molar-refractivity contribution in [2.75, 3.05) is 11.1 Å². The third-order valence-corrected chi connectivity index (χ3v) is 2.56. The van der Waals surface area contributed by atoms with Crippen LogP contribution in [0.15, 0.2) is 30.5 Å². The summed E-state index contributed by atoms with van der Waals surface area (Å²) in [6.07, 6.45) is 1.50. The molecule has 0 aliphatic heterocycles. The highest BCUT2D eigenvalue weighted by molar-refractivity contribution is 6.07. The normalized spacial score (nSPS) is 10.2. The second-order valence-corrected chi connectivity index (χ2v) is 3.79. The van der Waals surface area contributed by atoms with Crippen LogP contribution in [0.3, 0.4) is 0 Å². The summed E-state index contributed by atoms with van der Waals surface area (Å²) in [7, 11) is 1.64. The number of nitro benzene ring substituents is 1. The minimum Gasteiger partial charge on any atom is -0.393 e. The lowest BCUT2D eigenvalue weighted by Gasteiger charge is -2.06. The summed E-state index contributed by atoms with van der Waals surface area (Å²) in [5.74, 6) is -0.177. The van der Waals surface area contributed by atoms with Gasteiger partial charge in [0.25, 0.3) is 5.91 Å². The van der Waals surface area contributed by atoms with Crippen LogP contribution in [0.25, 0.3) is 0 Å². The molecular weight excluding hydrogens is 250 g/mol. The van der Waals surface area contributed by atoms with Gasteiger partial charge in [-0.2, -0.15) is 5.10 Å². The maximum absolute atomic E-state index is 12.0. The van der Waals surface area contributed by atoms with E-state index in [2.05, 4.69) is 10.4 Å². The first-order valence-corrected chi connectivity index (χ1v) is 5.33. The molecule has 0 atom stereocenters. The van der Waals surface area contributed by atoms with Gasteiger partial charge in [0.2, 0.25) is 0 Å². The van der Waals surface area contributed by atoms with Crippen LogP contribution in [0.1, 0.15) is 10.4 Å². The zero-order valence-electron chi connectivity index (χ0n) is 10.0. The number of aromatic nitrogens is 2. The Morgan fingerprint density at radius 1 is 1.47 bits per heavy atom. The van der Waals surface area contributed by atoms with Crippen molar-refractivity contribution in [3.8, 4) is 0 Å². The highest BCUT2D eigenvalue weighted by Crippen LogP contribution is 2.26. The van der Waals surface area contributed by atoms with Gasteiger partial charge in [0.15, 0.2) is 0 Å². The number of anilines is 2. The predicted molar refractivity (Wildman–Crippen MR) is 68.7 cm³/mol. The summed E-state index contributed by atoms with van der Waals surface area (Å²) < 4.78 is 1.44. The summed E-state index contributed by atoms with van der Waals surface area (Å²) in [6, 6.07) is 5.79. The van der Waals surface area contributed by atoms with Gasteiger partial charge >= 0.3 is 5.69 Å². The molecule has 0 radical (unpaired) electrons. The molecule has 0 bridgehead atoms. The quantitative estimate of drug-likeness (QED) is 0.488. The number of carbonyl (C=O) groups excluding carboxylic acids is 1. The van der Waals surface area contributed by atoms with Crippen LogP contribution in [-0.2, 0) is 7.05 Å². The Balaban J connectivity index is 2.37. The molecule has 0 fully saturated rings. The van der Waals surface area contributed by atoms with E-state index in [1.807, 2.05) is 0 Å². The fourth-order valence-corrected chi connectivity index (χ4v) is 1.63. The Morgan fingerprint density at radius 3 is 2.79 bits per heavy atom. The molecule has 8 heteroatoms. The Kier molecular flexibility index (Phi) is 3.15. The van der Waals surface area contributed by atoms with Crippen molar-refractivity contribution in [3.63, 3.8) is 0 Å². The van der Waals surface area contributed by atoms with Crippen molar-refractivity contribution in [3.05, 3.63) is 46.1 Å². The van der Waals surface area contributed by atoms with Gasteiger partial charge in [0.1, 0.15) is 17.1 Å². The van der Waals surface area contributed by atoms with Crippen molar-refractivity contribution in [1.29, 1.82) is 0 Å². The predicted octanol–water partition coefficient (Wildman–Crippen LogP) is 1.16. The number of amides is 1. The second-order valence-electron chi connectivity index (χ2n) is 3.79. The van der Waals surface area contributed by atoms with E-state index in [1.54, 1.807) is 13.1 Å². The van der Waals surface area contributed by atoms with E-state index in [9.17, 15) is 14.9 Å². The average molecular weight is 261 g/mol. The summed E-state index contributed by atoms with van der Waals surface area (Å²) in [5, 5.41) is 17.4. The zero-order valence-corrected chi connectivity index (χ0v) is 10.0. The van der Waals surface area contributed by atoms with E-state index >= 15 is 0 Å². The van der Waals surface area contributed by atoms with E-state index < -0.39 is 16.5 Å². The lowest BCUT2D eigenvalue weighted by atomic mass is 10.1. The molecule has 0 saturated heterocycles. The van der Waals surface area contributed by atoms with Crippen LogP contribution >= 0.6 is 0 Å². The van der Waals surface area contributed by atoms with Gasteiger partial charge in [-0.25, -0.2) is 0 Å². The maximum atomic E-state index is 12.0. The van der Waals surface area contributed by atoms with Crippen molar-refractivity contribution >= 4 is 23.1 Å². The van der Waals surface area contributed by atoms with Gasteiger partial charge in [-0.1, -0.05) is 6.07 Å². The molecule has 0 aliphatic rings. The van der Waals surface area contributed by atoms with Crippen molar-refractivity contribution < 1.29 is 9.72 Å². The fourth-order valence-electron chi connectivity index (χ4n) is 1.63. The van der Waals surface area contributed by atoms with Crippen LogP contribution in [0.5, 0.6) is 0 Å². The number of aryl methyl sites for hydroxylation is 1. The number of rotatable bonds is 3. The molecule has 0 spiro atoms. The van der Waals surface area contributed by atoms with E-state index in [0.717, 1.165) is 0 Å². The second kappa shape index (κ2) is 4.77. The highest BCUT2D eigenvalue weighted by Gasteiger charge is 2.23. The Labute approximate surface area is 108 Å². The topological polar surface area (TPSA) is 116 Å². The maximum Gasteiger partial charge on any atom is 0.304 e.